The zero-order valence-corrected chi connectivity index (χ0v) is 11.8. The topological polar surface area (TPSA) is 38.9 Å². The van der Waals surface area contributed by atoms with Crippen molar-refractivity contribution in [1.29, 1.82) is 0 Å². The van der Waals surface area contributed by atoms with E-state index < -0.39 is 0 Å². The first kappa shape index (κ1) is 12.6. The largest absolute Gasteiger partial charge is 0.324 e. The Bertz CT molecular complexity index is 514. The lowest BCUT2D eigenvalue weighted by Gasteiger charge is -2.11. The Morgan fingerprint density at radius 3 is 2.71 bits per heavy atom. The first-order chi connectivity index (χ1) is 8.18. The van der Waals surface area contributed by atoms with Crippen LogP contribution in [0.3, 0.4) is 0 Å². The summed E-state index contributed by atoms with van der Waals surface area (Å²) in [5.41, 5.74) is 7.02. The second-order valence-electron chi connectivity index (χ2n) is 3.72. The van der Waals surface area contributed by atoms with E-state index in [-0.39, 0.29) is 6.04 Å². The van der Waals surface area contributed by atoms with Gasteiger partial charge in [-0.3, -0.25) is 0 Å². The van der Waals surface area contributed by atoms with Gasteiger partial charge in [0.25, 0.3) is 0 Å². The summed E-state index contributed by atoms with van der Waals surface area (Å²) in [7, 11) is 0. The van der Waals surface area contributed by atoms with Crippen LogP contribution >= 0.6 is 27.7 Å². The molecule has 1 unspecified atom stereocenters. The Balaban J connectivity index is 2.34. The van der Waals surface area contributed by atoms with Crippen LogP contribution in [0.4, 0.5) is 0 Å². The molecule has 2 N–H and O–H groups in total. The molecule has 17 heavy (non-hydrogen) atoms. The van der Waals surface area contributed by atoms with Gasteiger partial charge in [0.1, 0.15) is 5.03 Å². The van der Waals surface area contributed by atoms with Crippen molar-refractivity contribution in [2.45, 2.75) is 22.9 Å². The summed E-state index contributed by atoms with van der Waals surface area (Å²) < 4.78 is 1.08. The van der Waals surface area contributed by atoms with Crippen LogP contribution in [-0.4, -0.2) is 4.98 Å². The van der Waals surface area contributed by atoms with Gasteiger partial charge in [-0.05, 0) is 41.1 Å². The molecule has 0 aliphatic carbocycles. The molecule has 88 valence electrons. The van der Waals surface area contributed by atoms with Gasteiger partial charge in [0.15, 0.2) is 0 Å². The zero-order valence-electron chi connectivity index (χ0n) is 9.43. The van der Waals surface area contributed by atoms with Crippen LogP contribution in [0.25, 0.3) is 0 Å². The van der Waals surface area contributed by atoms with Gasteiger partial charge < -0.3 is 5.73 Å². The van der Waals surface area contributed by atoms with Crippen LogP contribution in [0.2, 0.25) is 0 Å². The number of hydrogen-bond donors (Lipinski definition) is 1. The van der Waals surface area contributed by atoms with Gasteiger partial charge >= 0.3 is 0 Å². The van der Waals surface area contributed by atoms with E-state index in [0.717, 1.165) is 20.0 Å². The van der Waals surface area contributed by atoms with Crippen LogP contribution in [0.5, 0.6) is 0 Å². The Morgan fingerprint density at radius 2 is 2.00 bits per heavy atom. The zero-order chi connectivity index (χ0) is 12.3. The van der Waals surface area contributed by atoms with E-state index in [1.165, 1.54) is 0 Å². The molecule has 1 aromatic heterocycles. The summed E-state index contributed by atoms with van der Waals surface area (Å²) >= 11 is 5.17. The molecule has 0 saturated carbocycles. The van der Waals surface area contributed by atoms with E-state index in [4.69, 9.17) is 5.73 Å². The van der Waals surface area contributed by atoms with Crippen LogP contribution in [0, 0.1) is 0 Å². The number of pyridine rings is 1. The van der Waals surface area contributed by atoms with Crippen LogP contribution < -0.4 is 5.73 Å². The van der Waals surface area contributed by atoms with Crippen molar-refractivity contribution < 1.29 is 0 Å². The summed E-state index contributed by atoms with van der Waals surface area (Å²) in [6, 6.07) is 12.0. The Morgan fingerprint density at radius 1 is 1.24 bits per heavy atom. The molecule has 0 fully saturated rings. The van der Waals surface area contributed by atoms with Crippen LogP contribution in [0.15, 0.2) is 57.0 Å². The number of halogens is 1. The summed E-state index contributed by atoms with van der Waals surface area (Å²) in [5.74, 6) is 0. The maximum absolute atomic E-state index is 5.94. The summed E-state index contributed by atoms with van der Waals surface area (Å²) in [4.78, 5) is 5.54. The standard InChI is InChI=1S/C13H13BrN2S/c1-9(15)10-5-4-8-16-13(10)17-12-7-3-2-6-11(12)14/h2-9H,15H2,1H3. The normalized spacial score (nSPS) is 12.4. The van der Waals surface area contributed by atoms with E-state index in [1.54, 1.807) is 18.0 Å². The van der Waals surface area contributed by atoms with E-state index >= 15 is 0 Å². The Hall–Kier alpha value is -0.840. The van der Waals surface area contributed by atoms with Gasteiger partial charge in [-0.25, -0.2) is 4.98 Å². The van der Waals surface area contributed by atoms with E-state index in [1.807, 2.05) is 37.3 Å². The van der Waals surface area contributed by atoms with E-state index in [2.05, 4.69) is 27.0 Å². The van der Waals surface area contributed by atoms with Crippen molar-refractivity contribution in [3.63, 3.8) is 0 Å². The highest BCUT2D eigenvalue weighted by Crippen LogP contribution is 2.34. The van der Waals surface area contributed by atoms with Crippen LogP contribution in [-0.2, 0) is 0 Å². The molecule has 0 saturated heterocycles. The summed E-state index contributed by atoms with van der Waals surface area (Å²) in [6.07, 6.45) is 1.80. The van der Waals surface area contributed by atoms with E-state index in [0.29, 0.717) is 0 Å². The number of nitrogens with zero attached hydrogens (tertiary/aromatic N) is 1. The molecule has 2 rings (SSSR count). The molecule has 0 aliphatic heterocycles. The predicted octanol–water partition coefficient (Wildman–Crippen LogP) is 4.02. The minimum atomic E-state index is -0.00584. The van der Waals surface area contributed by atoms with Gasteiger partial charge in [-0.2, -0.15) is 0 Å². The van der Waals surface area contributed by atoms with Gasteiger partial charge in [0.05, 0.1) is 0 Å². The van der Waals surface area contributed by atoms with Crippen molar-refractivity contribution in [2.75, 3.05) is 0 Å². The lowest BCUT2D eigenvalue weighted by Crippen LogP contribution is -2.07. The fourth-order valence-corrected chi connectivity index (χ4v) is 3.00. The minimum Gasteiger partial charge on any atom is -0.324 e. The second kappa shape index (κ2) is 5.67. The number of hydrogen-bond acceptors (Lipinski definition) is 3. The third kappa shape index (κ3) is 3.09. The fraction of sp³-hybridized carbons (Fsp3) is 0.154. The molecule has 4 heteroatoms. The molecular formula is C13H13BrN2S. The highest BCUT2D eigenvalue weighted by Gasteiger charge is 2.10. The highest BCUT2D eigenvalue weighted by atomic mass is 79.9. The average molecular weight is 309 g/mol. The van der Waals surface area contributed by atoms with Crippen molar-refractivity contribution in [3.05, 3.63) is 52.6 Å². The molecule has 1 atom stereocenters. The van der Waals surface area contributed by atoms with Gasteiger partial charge in [0, 0.05) is 27.2 Å². The third-order valence-corrected chi connectivity index (χ3v) is 4.40. The summed E-state index contributed by atoms with van der Waals surface area (Å²) in [5, 5.41) is 0.967. The summed E-state index contributed by atoms with van der Waals surface area (Å²) in [6.45, 7) is 1.97. The van der Waals surface area contributed by atoms with Gasteiger partial charge in [-0.1, -0.05) is 30.0 Å². The third-order valence-electron chi connectivity index (χ3n) is 2.33. The minimum absolute atomic E-state index is 0.00584. The molecular weight excluding hydrogens is 296 g/mol. The van der Waals surface area contributed by atoms with Gasteiger partial charge in [0.2, 0.25) is 0 Å². The van der Waals surface area contributed by atoms with Gasteiger partial charge in [-0.15, -0.1) is 0 Å². The SMILES string of the molecule is CC(N)c1cccnc1Sc1ccccc1Br. The molecule has 0 spiro atoms. The maximum atomic E-state index is 5.94. The molecule has 1 aromatic carbocycles. The Labute approximate surface area is 114 Å². The molecule has 2 aromatic rings. The molecule has 0 amide bonds. The lowest BCUT2D eigenvalue weighted by molar-refractivity contribution is 0.779. The van der Waals surface area contributed by atoms with E-state index in [9.17, 15) is 0 Å². The second-order valence-corrected chi connectivity index (χ2v) is 5.60. The molecule has 2 nitrogen and oxygen atoms in total. The number of rotatable bonds is 3. The average Bonchev–Trinajstić information content (AvgIpc) is 2.32. The number of nitrogens with two attached hydrogens (primary N) is 1. The molecule has 0 radical (unpaired) electrons. The predicted molar refractivity (Wildman–Crippen MR) is 75.1 cm³/mol. The van der Waals surface area contributed by atoms with Crippen molar-refractivity contribution in [2.24, 2.45) is 5.73 Å². The Kier molecular flexibility index (Phi) is 4.20. The van der Waals surface area contributed by atoms with Crippen molar-refractivity contribution in [1.82, 2.24) is 4.98 Å². The van der Waals surface area contributed by atoms with Crippen LogP contribution in [0.1, 0.15) is 18.5 Å². The smallest absolute Gasteiger partial charge is 0.106 e. The van der Waals surface area contributed by atoms with Crippen molar-refractivity contribution >= 4 is 27.7 Å². The fourth-order valence-electron chi connectivity index (χ4n) is 1.47. The lowest BCUT2D eigenvalue weighted by atomic mass is 10.2. The quantitative estimate of drug-likeness (QED) is 0.931. The first-order valence-electron chi connectivity index (χ1n) is 5.31. The number of benzene rings is 1. The monoisotopic (exact) mass is 308 g/mol. The first-order valence-corrected chi connectivity index (χ1v) is 6.92. The molecule has 1 heterocycles. The maximum Gasteiger partial charge on any atom is 0.106 e. The number of aromatic nitrogens is 1. The van der Waals surface area contributed by atoms with Crippen molar-refractivity contribution in [3.8, 4) is 0 Å². The molecule has 0 bridgehead atoms. The molecule has 0 aliphatic rings. The highest BCUT2D eigenvalue weighted by molar-refractivity contribution is 9.10.